The van der Waals surface area contributed by atoms with E-state index in [-0.39, 0.29) is 23.4 Å². The van der Waals surface area contributed by atoms with Gasteiger partial charge in [0, 0.05) is 17.8 Å². The molecule has 9 heteroatoms. The quantitative estimate of drug-likeness (QED) is 0.675. The first-order valence-corrected chi connectivity index (χ1v) is 9.70. The maximum atomic E-state index is 12.3. The van der Waals surface area contributed by atoms with Crippen LogP contribution in [0, 0.1) is 0 Å². The number of benzene rings is 1. The molecule has 1 saturated carbocycles. The summed E-state index contributed by atoms with van der Waals surface area (Å²) in [4.78, 5) is 12.4. The van der Waals surface area contributed by atoms with Crippen LogP contribution >= 0.6 is 0 Å². The Labute approximate surface area is 150 Å². The molecule has 8 nitrogen and oxygen atoms in total. The molecule has 2 N–H and O–H groups in total. The van der Waals surface area contributed by atoms with Crippen LogP contribution in [0.2, 0.25) is 0 Å². The van der Waals surface area contributed by atoms with E-state index < -0.39 is 10.0 Å². The largest absolute Gasteiger partial charge is 0.345 e. The number of fused-ring (bicyclic) bond motifs is 1. The molecular weight excluding hydrogens is 354 g/mol. The first-order chi connectivity index (χ1) is 12.5. The molecule has 1 aliphatic rings. The van der Waals surface area contributed by atoms with Crippen molar-refractivity contribution in [1.82, 2.24) is 24.6 Å². The van der Waals surface area contributed by atoms with Crippen molar-refractivity contribution < 1.29 is 13.2 Å². The summed E-state index contributed by atoms with van der Waals surface area (Å²) in [7, 11) is -3.51. The summed E-state index contributed by atoms with van der Waals surface area (Å²) in [5, 5.41) is 10.8. The number of amides is 1. The lowest BCUT2D eigenvalue weighted by atomic mass is 10.2. The highest BCUT2D eigenvalue weighted by Gasteiger charge is 2.27. The van der Waals surface area contributed by atoms with Gasteiger partial charge in [0.1, 0.15) is 0 Å². The molecule has 3 aromatic rings. The third-order valence-electron chi connectivity index (χ3n) is 4.12. The predicted octanol–water partition coefficient (Wildman–Crippen LogP) is 1.10. The lowest BCUT2D eigenvalue weighted by Gasteiger charge is -2.07. The van der Waals surface area contributed by atoms with Gasteiger partial charge in [-0.3, -0.25) is 9.20 Å². The number of carbonyl (C=O) groups excluding carboxylic acids is 1. The first kappa shape index (κ1) is 16.7. The van der Waals surface area contributed by atoms with E-state index in [2.05, 4.69) is 20.2 Å². The molecule has 1 aromatic carbocycles. The minimum atomic E-state index is -3.51. The third-order valence-corrected chi connectivity index (χ3v) is 5.65. The van der Waals surface area contributed by atoms with Crippen LogP contribution in [-0.2, 0) is 16.6 Å². The Hall–Kier alpha value is -2.78. The normalized spacial score (nSPS) is 14.5. The maximum absolute atomic E-state index is 12.3. The van der Waals surface area contributed by atoms with E-state index in [9.17, 15) is 13.2 Å². The molecule has 26 heavy (non-hydrogen) atoms. The van der Waals surface area contributed by atoms with Gasteiger partial charge in [0.05, 0.1) is 11.4 Å². The second-order valence-corrected chi connectivity index (χ2v) is 7.86. The summed E-state index contributed by atoms with van der Waals surface area (Å²) in [6, 6.07) is 11.5. The maximum Gasteiger partial charge on any atom is 0.251 e. The van der Waals surface area contributed by atoms with Gasteiger partial charge in [-0.05, 0) is 49.2 Å². The molecule has 2 aromatic heterocycles. The van der Waals surface area contributed by atoms with Gasteiger partial charge in [-0.1, -0.05) is 6.07 Å². The minimum absolute atomic E-state index is 0.0425. The fourth-order valence-corrected chi connectivity index (χ4v) is 3.85. The smallest absolute Gasteiger partial charge is 0.251 e. The van der Waals surface area contributed by atoms with Crippen molar-refractivity contribution in [2.45, 2.75) is 30.3 Å². The average molecular weight is 371 g/mol. The Morgan fingerprint density at radius 2 is 1.88 bits per heavy atom. The summed E-state index contributed by atoms with van der Waals surface area (Å²) in [5.74, 6) is 0.304. The second kappa shape index (κ2) is 6.50. The van der Waals surface area contributed by atoms with E-state index in [1.54, 1.807) is 4.40 Å². The number of carbonyl (C=O) groups is 1. The van der Waals surface area contributed by atoms with E-state index in [4.69, 9.17) is 0 Å². The molecule has 1 fully saturated rings. The zero-order chi connectivity index (χ0) is 18.1. The highest BCUT2D eigenvalue weighted by Crippen LogP contribution is 2.22. The Kier molecular flexibility index (Phi) is 4.17. The molecule has 0 aliphatic heterocycles. The SMILES string of the molecule is O=C(NCc1nnc2ccccn12)c1ccc(S(=O)(=O)NC2CC2)cc1. The molecule has 134 valence electrons. The molecule has 1 amide bonds. The van der Waals surface area contributed by atoms with Gasteiger partial charge in [-0.25, -0.2) is 13.1 Å². The van der Waals surface area contributed by atoms with Crippen LogP contribution in [0.4, 0.5) is 0 Å². The second-order valence-electron chi connectivity index (χ2n) is 6.15. The molecule has 0 spiro atoms. The van der Waals surface area contributed by atoms with E-state index in [0.29, 0.717) is 17.0 Å². The van der Waals surface area contributed by atoms with Crippen molar-refractivity contribution in [2.75, 3.05) is 0 Å². The van der Waals surface area contributed by atoms with Crippen LogP contribution in [0.25, 0.3) is 5.65 Å². The lowest BCUT2D eigenvalue weighted by molar-refractivity contribution is 0.0949. The van der Waals surface area contributed by atoms with Crippen LogP contribution in [0.1, 0.15) is 29.0 Å². The summed E-state index contributed by atoms with van der Waals surface area (Å²) in [5.41, 5.74) is 1.08. The van der Waals surface area contributed by atoms with Crippen LogP contribution in [0.5, 0.6) is 0 Å². The Morgan fingerprint density at radius 1 is 1.12 bits per heavy atom. The molecule has 0 saturated heterocycles. The standard InChI is InChI=1S/C17H17N5O3S/c23-17(18-11-16-20-19-15-3-1-2-10-22(15)16)12-4-8-14(9-5-12)26(24,25)21-13-6-7-13/h1-5,8-10,13,21H,6-7,11H2,(H,18,23). The van der Waals surface area contributed by atoms with Crippen molar-refractivity contribution in [2.24, 2.45) is 0 Å². The van der Waals surface area contributed by atoms with Crippen molar-refractivity contribution in [3.8, 4) is 0 Å². The molecule has 0 unspecified atom stereocenters. The molecule has 0 radical (unpaired) electrons. The minimum Gasteiger partial charge on any atom is -0.345 e. The zero-order valence-corrected chi connectivity index (χ0v) is 14.6. The molecule has 0 bridgehead atoms. The fraction of sp³-hybridized carbons (Fsp3) is 0.235. The van der Waals surface area contributed by atoms with Gasteiger partial charge in [-0.2, -0.15) is 0 Å². The summed E-state index contributed by atoms with van der Waals surface area (Å²) in [6.45, 7) is 0.216. The van der Waals surface area contributed by atoms with E-state index in [0.717, 1.165) is 12.8 Å². The van der Waals surface area contributed by atoms with Crippen molar-refractivity contribution in [3.05, 3.63) is 60.0 Å². The van der Waals surface area contributed by atoms with Gasteiger partial charge in [0.15, 0.2) is 11.5 Å². The molecule has 2 heterocycles. The highest BCUT2D eigenvalue weighted by atomic mass is 32.2. The van der Waals surface area contributed by atoms with Crippen LogP contribution in [0.3, 0.4) is 0 Å². The van der Waals surface area contributed by atoms with Crippen LogP contribution in [-0.4, -0.2) is 35.0 Å². The average Bonchev–Trinajstić information content (AvgIpc) is 3.35. The van der Waals surface area contributed by atoms with Crippen molar-refractivity contribution in [1.29, 1.82) is 0 Å². The fourth-order valence-electron chi connectivity index (χ4n) is 2.55. The number of hydrogen-bond donors (Lipinski definition) is 2. The number of aromatic nitrogens is 3. The van der Waals surface area contributed by atoms with Crippen LogP contribution < -0.4 is 10.0 Å². The Morgan fingerprint density at radius 3 is 2.62 bits per heavy atom. The first-order valence-electron chi connectivity index (χ1n) is 8.22. The number of sulfonamides is 1. The predicted molar refractivity (Wildman–Crippen MR) is 93.9 cm³/mol. The molecular formula is C17H17N5O3S. The lowest BCUT2D eigenvalue weighted by Crippen LogP contribution is -2.26. The number of nitrogens with one attached hydrogen (secondary N) is 2. The van der Waals surface area contributed by atoms with Crippen molar-refractivity contribution in [3.63, 3.8) is 0 Å². The summed E-state index contributed by atoms with van der Waals surface area (Å²) in [6.07, 6.45) is 3.57. The van der Waals surface area contributed by atoms with E-state index in [1.165, 1.54) is 24.3 Å². The van der Waals surface area contributed by atoms with Crippen LogP contribution in [0.15, 0.2) is 53.6 Å². The summed E-state index contributed by atoms with van der Waals surface area (Å²) >= 11 is 0. The Bertz CT molecular complexity index is 1060. The number of pyridine rings is 1. The molecule has 4 rings (SSSR count). The van der Waals surface area contributed by atoms with Gasteiger partial charge in [-0.15, -0.1) is 10.2 Å². The number of rotatable bonds is 6. The Balaban J connectivity index is 1.43. The van der Waals surface area contributed by atoms with Gasteiger partial charge < -0.3 is 5.32 Å². The highest BCUT2D eigenvalue weighted by molar-refractivity contribution is 7.89. The van der Waals surface area contributed by atoms with E-state index >= 15 is 0 Å². The monoisotopic (exact) mass is 371 g/mol. The van der Waals surface area contributed by atoms with Gasteiger partial charge >= 0.3 is 0 Å². The molecule has 0 atom stereocenters. The third kappa shape index (κ3) is 3.44. The van der Waals surface area contributed by atoms with Crippen molar-refractivity contribution >= 4 is 21.6 Å². The topological polar surface area (TPSA) is 105 Å². The zero-order valence-electron chi connectivity index (χ0n) is 13.8. The number of hydrogen-bond acceptors (Lipinski definition) is 5. The molecule has 1 aliphatic carbocycles. The number of nitrogens with zero attached hydrogens (tertiary/aromatic N) is 3. The van der Waals surface area contributed by atoms with E-state index in [1.807, 2.05) is 24.4 Å². The van der Waals surface area contributed by atoms with Gasteiger partial charge in [0.2, 0.25) is 10.0 Å². The summed E-state index contributed by atoms with van der Waals surface area (Å²) < 4.78 is 28.7. The van der Waals surface area contributed by atoms with Gasteiger partial charge in [0.25, 0.3) is 5.91 Å².